The summed E-state index contributed by atoms with van der Waals surface area (Å²) in [6, 6.07) is 7.84. The van der Waals surface area contributed by atoms with Gasteiger partial charge in [0.15, 0.2) is 0 Å². The molecule has 1 aromatic carbocycles. The summed E-state index contributed by atoms with van der Waals surface area (Å²) in [5.41, 5.74) is 10.2. The molecule has 0 spiro atoms. The topological polar surface area (TPSA) is 55.1 Å². The first-order valence-corrected chi connectivity index (χ1v) is 8.23. The van der Waals surface area contributed by atoms with Gasteiger partial charge in [0, 0.05) is 12.1 Å². The van der Waals surface area contributed by atoms with Crippen LogP contribution in [0, 0.1) is 0 Å². The van der Waals surface area contributed by atoms with Gasteiger partial charge in [-0.3, -0.25) is 4.79 Å². The maximum absolute atomic E-state index is 12.1. The second kappa shape index (κ2) is 5.68. The molecular weight excluding hydrogens is 336 g/mol. The number of fused-ring (bicyclic) bond motifs is 1. The van der Waals surface area contributed by atoms with Crippen molar-refractivity contribution in [3.8, 4) is 0 Å². The van der Waals surface area contributed by atoms with Crippen molar-refractivity contribution in [3.05, 3.63) is 55.7 Å². The van der Waals surface area contributed by atoms with Gasteiger partial charge >= 0.3 is 0 Å². The molecule has 3 rings (SSSR count). The average Bonchev–Trinajstić information content (AvgIpc) is 2.80. The number of carbonyl (C=O) groups excluding carboxylic acids is 1. The molecule has 1 aromatic heterocycles. The monoisotopic (exact) mass is 350 g/mol. The molecule has 1 aliphatic heterocycles. The van der Waals surface area contributed by atoms with E-state index in [9.17, 15) is 4.79 Å². The maximum Gasteiger partial charge on any atom is 0.251 e. The highest BCUT2D eigenvalue weighted by molar-refractivity contribution is 9.11. The van der Waals surface area contributed by atoms with Crippen LogP contribution in [0.25, 0.3) is 0 Å². The Balaban J connectivity index is 1.97. The third-order valence-electron chi connectivity index (χ3n) is 3.59. The highest BCUT2D eigenvalue weighted by Crippen LogP contribution is 2.29. The van der Waals surface area contributed by atoms with E-state index < -0.39 is 0 Å². The SMILES string of the molecule is NC(c1csc(Br)c1)c1ccc2c(c1)C(=O)NCCC2. The minimum atomic E-state index is -0.195. The van der Waals surface area contributed by atoms with Gasteiger partial charge in [-0.05, 0) is 63.0 Å². The van der Waals surface area contributed by atoms with E-state index in [4.69, 9.17) is 5.73 Å². The van der Waals surface area contributed by atoms with Gasteiger partial charge in [0.05, 0.1) is 9.83 Å². The molecule has 1 atom stereocenters. The zero-order chi connectivity index (χ0) is 14.1. The summed E-state index contributed by atoms with van der Waals surface area (Å²) in [5, 5.41) is 4.97. The Hall–Kier alpha value is -1.17. The molecule has 0 radical (unpaired) electrons. The zero-order valence-electron chi connectivity index (χ0n) is 10.9. The number of rotatable bonds is 2. The maximum atomic E-state index is 12.1. The largest absolute Gasteiger partial charge is 0.352 e. The summed E-state index contributed by atoms with van der Waals surface area (Å²) in [6.07, 6.45) is 1.93. The number of halogens is 1. The van der Waals surface area contributed by atoms with Crippen molar-refractivity contribution in [1.29, 1.82) is 0 Å². The fourth-order valence-corrected chi connectivity index (χ4v) is 3.68. The molecule has 1 aliphatic rings. The zero-order valence-corrected chi connectivity index (χ0v) is 13.3. The van der Waals surface area contributed by atoms with E-state index in [0.717, 1.165) is 45.4 Å². The number of nitrogens with one attached hydrogen (secondary N) is 1. The first kappa shape index (κ1) is 13.8. The lowest BCUT2D eigenvalue weighted by atomic mass is 9.95. The lowest BCUT2D eigenvalue weighted by Gasteiger charge is -2.13. The molecule has 1 unspecified atom stereocenters. The van der Waals surface area contributed by atoms with E-state index in [-0.39, 0.29) is 11.9 Å². The van der Waals surface area contributed by atoms with Crippen LogP contribution in [0.2, 0.25) is 0 Å². The molecule has 104 valence electrons. The number of amides is 1. The number of carbonyl (C=O) groups is 1. The van der Waals surface area contributed by atoms with Crippen LogP contribution in [0.4, 0.5) is 0 Å². The average molecular weight is 351 g/mol. The van der Waals surface area contributed by atoms with E-state index in [0.29, 0.717) is 0 Å². The standard InChI is InChI=1S/C15H15BrN2OS/c16-13-7-11(8-20-13)14(17)10-4-3-9-2-1-5-18-15(19)12(9)6-10/h3-4,6-8,14H,1-2,5,17H2,(H,18,19). The highest BCUT2D eigenvalue weighted by atomic mass is 79.9. The summed E-state index contributed by atoms with van der Waals surface area (Å²) >= 11 is 5.07. The molecule has 2 aromatic rings. The van der Waals surface area contributed by atoms with Gasteiger partial charge in [-0.1, -0.05) is 12.1 Å². The molecule has 0 bridgehead atoms. The first-order chi connectivity index (χ1) is 9.65. The van der Waals surface area contributed by atoms with Gasteiger partial charge in [-0.2, -0.15) is 0 Å². The second-order valence-electron chi connectivity index (χ2n) is 4.94. The van der Waals surface area contributed by atoms with Crippen molar-refractivity contribution in [2.45, 2.75) is 18.9 Å². The third kappa shape index (κ3) is 2.66. The molecule has 0 saturated carbocycles. The van der Waals surface area contributed by atoms with Gasteiger partial charge in [0.25, 0.3) is 5.91 Å². The van der Waals surface area contributed by atoms with Crippen molar-refractivity contribution < 1.29 is 4.79 Å². The fraction of sp³-hybridized carbons (Fsp3) is 0.267. The quantitative estimate of drug-likeness (QED) is 0.873. The number of nitrogens with two attached hydrogens (primary N) is 1. The van der Waals surface area contributed by atoms with Crippen LogP contribution in [-0.2, 0) is 6.42 Å². The second-order valence-corrected chi connectivity index (χ2v) is 7.23. The van der Waals surface area contributed by atoms with E-state index in [2.05, 4.69) is 21.2 Å². The normalized spacial score (nSPS) is 16.2. The lowest BCUT2D eigenvalue weighted by Crippen LogP contribution is -2.23. The van der Waals surface area contributed by atoms with Crippen LogP contribution in [0.15, 0.2) is 33.4 Å². The van der Waals surface area contributed by atoms with Crippen LogP contribution in [0.1, 0.15) is 39.5 Å². The Labute approximate surface area is 130 Å². The van der Waals surface area contributed by atoms with Crippen LogP contribution in [0.5, 0.6) is 0 Å². The fourth-order valence-electron chi connectivity index (χ4n) is 2.47. The number of hydrogen-bond donors (Lipinski definition) is 2. The van der Waals surface area contributed by atoms with E-state index >= 15 is 0 Å². The third-order valence-corrected chi connectivity index (χ3v) is 5.12. The molecule has 0 fully saturated rings. The van der Waals surface area contributed by atoms with Crippen molar-refractivity contribution >= 4 is 33.2 Å². The Morgan fingerprint density at radius 2 is 2.15 bits per heavy atom. The van der Waals surface area contributed by atoms with E-state index in [1.807, 2.05) is 29.6 Å². The highest BCUT2D eigenvalue weighted by Gasteiger charge is 2.18. The summed E-state index contributed by atoms with van der Waals surface area (Å²) in [5.74, 6) is 0.0121. The van der Waals surface area contributed by atoms with Crippen LogP contribution in [0.3, 0.4) is 0 Å². The van der Waals surface area contributed by atoms with Gasteiger partial charge in [-0.25, -0.2) is 0 Å². The molecule has 3 N–H and O–H groups in total. The molecule has 0 aliphatic carbocycles. The molecule has 20 heavy (non-hydrogen) atoms. The molecule has 0 saturated heterocycles. The smallest absolute Gasteiger partial charge is 0.251 e. The number of hydrogen-bond acceptors (Lipinski definition) is 3. The Morgan fingerprint density at radius 3 is 2.90 bits per heavy atom. The molecule has 1 amide bonds. The number of thiophene rings is 1. The molecule has 3 nitrogen and oxygen atoms in total. The van der Waals surface area contributed by atoms with Crippen LogP contribution in [-0.4, -0.2) is 12.5 Å². The van der Waals surface area contributed by atoms with E-state index in [1.54, 1.807) is 11.3 Å². The summed E-state index contributed by atoms with van der Waals surface area (Å²) in [6.45, 7) is 0.742. The van der Waals surface area contributed by atoms with Crippen molar-refractivity contribution in [1.82, 2.24) is 5.32 Å². The van der Waals surface area contributed by atoms with Gasteiger partial charge in [0.1, 0.15) is 0 Å². The van der Waals surface area contributed by atoms with Crippen molar-refractivity contribution in [3.63, 3.8) is 0 Å². The predicted molar refractivity (Wildman–Crippen MR) is 85.1 cm³/mol. The number of benzene rings is 1. The Morgan fingerprint density at radius 1 is 1.30 bits per heavy atom. The van der Waals surface area contributed by atoms with Crippen LogP contribution >= 0.6 is 27.3 Å². The van der Waals surface area contributed by atoms with Crippen molar-refractivity contribution in [2.75, 3.05) is 6.54 Å². The predicted octanol–water partition coefficient (Wildman–Crippen LogP) is 3.23. The Kier molecular flexibility index (Phi) is 3.92. The van der Waals surface area contributed by atoms with Crippen molar-refractivity contribution in [2.24, 2.45) is 5.73 Å². The summed E-state index contributed by atoms with van der Waals surface area (Å²) < 4.78 is 1.07. The molecule has 2 heterocycles. The molecule has 5 heteroatoms. The minimum Gasteiger partial charge on any atom is -0.352 e. The first-order valence-electron chi connectivity index (χ1n) is 6.55. The number of aryl methyl sites for hydroxylation is 1. The van der Waals surface area contributed by atoms with Crippen LogP contribution < -0.4 is 11.1 Å². The van der Waals surface area contributed by atoms with Gasteiger partial charge < -0.3 is 11.1 Å². The summed E-state index contributed by atoms with van der Waals surface area (Å²) in [7, 11) is 0. The minimum absolute atomic E-state index is 0.0121. The molecular formula is C15H15BrN2OS. The lowest BCUT2D eigenvalue weighted by molar-refractivity contribution is 0.0956. The summed E-state index contributed by atoms with van der Waals surface area (Å²) in [4.78, 5) is 12.1. The van der Waals surface area contributed by atoms with E-state index in [1.165, 1.54) is 0 Å². The van der Waals surface area contributed by atoms with Gasteiger partial charge in [-0.15, -0.1) is 11.3 Å². The Bertz CT molecular complexity index is 653. The van der Waals surface area contributed by atoms with Gasteiger partial charge in [0.2, 0.25) is 0 Å².